The van der Waals surface area contributed by atoms with E-state index in [2.05, 4.69) is 20.2 Å². The molecule has 1 aliphatic heterocycles. The molecule has 2 heterocycles. The second-order valence-electron chi connectivity index (χ2n) is 4.55. The molecule has 104 valence electrons. The lowest BCUT2D eigenvalue weighted by Crippen LogP contribution is -2.37. The molecule has 0 amide bonds. The van der Waals surface area contributed by atoms with Crippen molar-refractivity contribution in [3.05, 3.63) is 36.7 Å². The van der Waals surface area contributed by atoms with Crippen LogP contribution in [0.3, 0.4) is 0 Å². The summed E-state index contributed by atoms with van der Waals surface area (Å²) in [6.45, 7) is 2.99. The molecule has 6 nitrogen and oxygen atoms in total. The predicted octanol–water partition coefficient (Wildman–Crippen LogP) is 1.64. The lowest BCUT2D eigenvalue weighted by atomic mass is 10.3. The van der Waals surface area contributed by atoms with Crippen LogP contribution in [0.1, 0.15) is 0 Å². The smallest absolute Gasteiger partial charge is 0.159 e. The quantitative estimate of drug-likeness (QED) is 0.883. The average molecular weight is 271 g/mol. The van der Waals surface area contributed by atoms with Crippen molar-refractivity contribution in [3.63, 3.8) is 0 Å². The number of hydrogen-bond donors (Lipinski definition) is 2. The van der Waals surface area contributed by atoms with E-state index in [0.717, 1.165) is 24.6 Å². The molecular formula is C14H17N5O. The molecule has 3 rings (SSSR count). The van der Waals surface area contributed by atoms with Crippen molar-refractivity contribution in [2.24, 2.45) is 0 Å². The van der Waals surface area contributed by atoms with Gasteiger partial charge in [-0.2, -0.15) is 0 Å². The molecule has 6 heteroatoms. The minimum Gasteiger partial charge on any atom is -0.393 e. The Bertz CT molecular complexity index is 569. The van der Waals surface area contributed by atoms with Crippen LogP contribution in [0.25, 0.3) is 0 Å². The lowest BCUT2D eigenvalue weighted by molar-refractivity contribution is 0.122. The summed E-state index contributed by atoms with van der Waals surface area (Å²) in [4.78, 5) is 10.6. The van der Waals surface area contributed by atoms with Gasteiger partial charge in [0.05, 0.1) is 13.2 Å². The van der Waals surface area contributed by atoms with Crippen molar-refractivity contribution >= 4 is 23.0 Å². The van der Waals surface area contributed by atoms with Gasteiger partial charge in [-0.15, -0.1) is 0 Å². The topological polar surface area (TPSA) is 76.3 Å². The number of ether oxygens (including phenoxy) is 1. The molecule has 1 fully saturated rings. The fourth-order valence-electron chi connectivity index (χ4n) is 2.17. The van der Waals surface area contributed by atoms with Crippen molar-refractivity contribution in [2.45, 2.75) is 0 Å². The highest BCUT2D eigenvalue weighted by molar-refractivity contribution is 5.78. The highest BCUT2D eigenvalue weighted by Gasteiger charge is 2.17. The molecule has 0 spiro atoms. The van der Waals surface area contributed by atoms with Crippen molar-refractivity contribution in [1.29, 1.82) is 0 Å². The van der Waals surface area contributed by atoms with Gasteiger partial charge >= 0.3 is 0 Å². The van der Waals surface area contributed by atoms with E-state index in [1.807, 2.05) is 30.3 Å². The molecular weight excluding hydrogens is 254 g/mol. The molecule has 1 aliphatic rings. The van der Waals surface area contributed by atoms with Gasteiger partial charge in [0.2, 0.25) is 0 Å². The summed E-state index contributed by atoms with van der Waals surface area (Å²) in [6, 6.07) is 9.82. The van der Waals surface area contributed by atoms with E-state index >= 15 is 0 Å². The number of para-hydroxylation sites is 1. The van der Waals surface area contributed by atoms with Gasteiger partial charge in [0, 0.05) is 18.8 Å². The lowest BCUT2D eigenvalue weighted by Gasteiger charge is -2.28. The molecule has 1 aromatic heterocycles. The summed E-state index contributed by atoms with van der Waals surface area (Å²) in [7, 11) is 0. The molecule has 0 aliphatic carbocycles. The van der Waals surface area contributed by atoms with Gasteiger partial charge in [0.15, 0.2) is 11.6 Å². The summed E-state index contributed by atoms with van der Waals surface area (Å²) in [6.07, 6.45) is 1.53. The Balaban J connectivity index is 1.85. The van der Waals surface area contributed by atoms with Gasteiger partial charge in [0.25, 0.3) is 0 Å². The van der Waals surface area contributed by atoms with Crippen LogP contribution in [-0.2, 0) is 4.74 Å². The number of nitrogens with zero attached hydrogens (tertiary/aromatic N) is 3. The second-order valence-corrected chi connectivity index (χ2v) is 4.55. The third-order valence-corrected chi connectivity index (χ3v) is 3.21. The van der Waals surface area contributed by atoms with E-state index in [0.29, 0.717) is 24.7 Å². The zero-order valence-corrected chi connectivity index (χ0v) is 11.1. The summed E-state index contributed by atoms with van der Waals surface area (Å²) < 4.78 is 5.35. The monoisotopic (exact) mass is 271 g/mol. The van der Waals surface area contributed by atoms with E-state index in [1.165, 1.54) is 6.33 Å². The number of benzene rings is 1. The summed E-state index contributed by atoms with van der Waals surface area (Å²) in [5, 5.41) is 3.22. The molecule has 0 bridgehead atoms. The first kappa shape index (κ1) is 12.7. The largest absolute Gasteiger partial charge is 0.393 e. The molecule has 1 saturated heterocycles. The molecule has 20 heavy (non-hydrogen) atoms. The maximum atomic E-state index is 6.19. The molecule has 3 N–H and O–H groups in total. The van der Waals surface area contributed by atoms with Crippen LogP contribution in [0, 0.1) is 0 Å². The first-order valence-corrected chi connectivity index (χ1v) is 6.60. The highest BCUT2D eigenvalue weighted by atomic mass is 16.5. The number of nitrogens with two attached hydrogens (primary N) is 1. The molecule has 1 aromatic carbocycles. The van der Waals surface area contributed by atoms with Gasteiger partial charge in [-0.3, -0.25) is 0 Å². The van der Waals surface area contributed by atoms with Crippen LogP contribution in [-0.4, -0.2) is 36.3 Å². The third-order valence-electron chi connectivity index (χ3n) is 3.21. The molecule has 2 aromatic rings. The van der Waals surface area contributed by atoms with Gasteiger partial charge in [-0.1, -0.05) is 18.2 Å². The van der Waals surface area contributed by atoms with Crippen LogP contribution in [0.15, 0.2) is 36.7 Å². The number of nitrogen functional groups attached to an aromatic ring is 1. The Morgan fingerprint density at radius 3 is 2.60 bits per heavy atom. The molecule has 0 radical (unpaired) electrons. The number of aromatic nitrogens is 2. The minimum atomic E-state index is 0.568. The molecule has 0 unspecified atom stereocenters. The first-order valence-electron chi connectivity index (χ1n) is 6.60. The van der Waals surface area contributed by atoms with Crippen molar-refractivity contribution in [1.82, 2.24) is 9.97 Å². The maximum Gasteiger partial charge on any atom is 0.159 e. The zero-order valence-electron chi connectivity index (χ0n) is 11.1. The van der Waals surface area contributed by atoms with E-state index in [9.17, 15) is 0 Å². The zero-order chi connectivity index (χ0) is 13.8. The minimum absolute atomic E-state index is 0.568. The SMILES string of the molecule is Nc1c(Nc2ccccc2)ncnc1N1CCOCC1. The van der Waals surface area contributed by atoms with Gasteiger partial charge in [0.1, 0.15) is 12.0 Å². The summed E-state index contributed by atoms with van der Waals surface area (Å²) >= 11 is 0. The molecule has 0 atom stereocenters. The van der Waals surface area contributed by atoms with Crippen LogP contribution >= 0.6 is 0 Å². The van der Waals surface area contributed by atoms with Crippen molar-refractivity contribution in [2.75, 3.05) is 42.3 Å². The number of morpholine rings is 1. The van der Waals surface area contributed by atoms with Crippen LogP contribution in [0.5, 0.6) is 0 Å². The van der Waals surface area contributed by atoms with Crippen LogP contribution < -0.4 is 16.0 Å². The number of nitrogens with one attached hydrogen (secondary N) is 1. The number of rotatable bonds is 3. The van der Waals surface area contributed by atoms with Gasteiger partial charge in [-0.25, -0.2) is 9.97 Å². The van der Waals surface area contributed by atoms with Crippen molar-refractivity contribution < 1.29 is 4.74 Å². The average Bonchev–Trinajstić information content (AvgIpc) is 2.51. The van der Waals surface area contributed by atoms with Gasteiger partial charge < -0.3 is 20.7 Å². The Morgan fingerprint density at radius 1 is 1.10 bits per heavy atom. The number of hydrogen-bond acceptors (Lipinski definition) is 6. The summed E-state index contributed by atoms with van der Waals surface area (Å²) in [5.41, 5.74) is 7.71. The van der Waals surface area contributed by atoms with E-state index in [4.69, 9.17) is 10.5 Å². The standard InChI is InChI=1S/C14H17N5O/c15-12-13(18-11-4-2-1-3-5-11)16-10-17-14(12)19-6-8-20-9-7-19/h1-5,10H,6-9,15H2,(H,16,17,18). The number of anilines is 4. The Labute approximate surface area is 117 Å². The predicted molar refractivity (Wildman–Crippen MR) is 79.2 cm³/mol. The van der Waals surface area contributed by atoms with E-state index in [1.54, 1.807) is 0 Å². The fourth-order valence-corrected chi connectivity index (χ4v) is 2.17. The second kappa shape index (κ2) is 5.75. The Hall–Kier alpha value is -2.34. The molecule has 0 saturated carbocycles. The normalized spacial score (nSPS) is 15.1. The fraction of sp³-hybridized carbons (Fsp3) is 0.286. The first-order chi connectivity index (χ1) is 9.84. The highest BCUT2D eigenvalue weighted by Crippen LogP contribution is 2.28. The third kappa shape index (κ3) is 2.65. The van der Waals surface area contributed by atoms with Crippen LogP contribution in [0.4, 0.5) is 23.0 Å². The van der Waals surface area contributed by atoms with E-state index in [-0.39, 0.29) is 0 Å². The Morgan fingerprint density at radius 2 is 1.85 bits per heavy atom. The van der Waals surface area contributed by atoms with Crippen molar-refractivity contribution in [3.8, 4) is 0 Å². The Kier molecular flexibility index (Phi) is 3.64. The van der Waals surface area contributed by atoms with Gasteiger partial charge in [-0.05, 0) is 12.1 Å². The maximum absolute atomic E-state index is 6.19. The summed E-state index contributed by atoms with van der Waals surface area (Å²) in [5.74, 6) is 1.40. The van der Waals surface area contributed by atoms with Crippen LogP contribution in [0.2, 0.25) is 0 Å². The van der Waals surface area contributed by atoms with E-state index < -0.39 is 0 Å².